The fourth-order valence-corrected chi connectivity index (χ4v) is 7.20. The fraction of sp³-hybridized carbons (Fsp3) is 0.265. The monoisotopic (exact) mass is 639 g/mol. The van der Waals surface area contributed by atoms with E-state index in [2.05, 4.69) is 46.4 Å². The van der Waals surface area contributed by atoms with E-state index < -0.39 is 17.7 Å². The Bertz CT molecular complexity index is 1900. The Labute approximate surface area is 269 Å². The van der Waals surface area contributed by atoms with Crippen molar-refractivity contribution in [3.8, 4) is 5.75 Å². The van der Waals surface area contributed by atoms with Gasteiger partial charge in [-0.05, 0) is 55.7 Å². The molecule has 0 aliphatic carbocycles. The molecule has 230 valence electrons. The average Bonchev–Trinajstić information content (AvgIpc) is 3.72. The van der Waals surface area contributed by atoms with E-state index in [1.165, 1.54) is 33.6 Å². The smallest absolute Gasteiger partial charge is 0.301 e. The first-order valence-corrected chi connectivity index (χ1v) is 16.7. The number of unbranched alkanes of at least 4 members (excludes halogenated alkanes) is 2. The second-order valence-corrected chi connectivity index (χ2v) is 13.1. The Morgan fingerprint density at radius 3 is 2.64 bits per heavy atom. The SMILES string of the molecule is CCCCCOc1cccc(C2C(=C(O)c3c(C)nc4ccccn34)C(=O)C(=O)N2c2nnc(SCc3ccc(C)cc3)s2)c1. The van der Waals surface area contributed by atoms with E-state index in [9.17, 15) is 14.7 Å². The minimum atomic E-state index is -0.958. The summed E-state index contributed by atoms with van der Waals surface area (Å²) in [4.78, 5) is 33.5. The number of anilines is 1. The van der Waals surface area contributed by atoms with E-state index in [1.54, 1.807) is 17.5 Å². The second kappa shape index (κ2) is 13.3. The second-order valence-electron chi connectivity index (χ2n) is 10.9. The van der Waals surface area contributed by atoms with Crippen molar-refractivity contribution in [1.29, 1.82) is 0 Å². The largest absolute Gasteiger partial charge is 0.505 e. The van der Waals surface area contributed by atoms with Crippen molar-refractivity contribution in [2.75, 3.05) is 11.5 Å². The third-order valence-electron chi connectivity index (χ3n) is 7.65. The fourth-order valence-electron chi connectivity index (χ4n) is 5.38. The van der Waals surface area contributed by atoms with Crippen LogP contribution in [-0.2, 0) is 15.3 Å². The van der Waals surface area contributed by atoms with Crippen LogP contribution in [0.15, 0.2) is 82.8 Å². The van der Waals surface area contributed by atoms with Crippen LogP contribution in [0.2, 0.25) is 0 Å². The number of pyridine rings is 1. The topological polar surface area (TPSA) is 110 Å². The number of aliphatic hydroxyl groups excluding tert-OH is 1. The zero-order valence-corrected chi connectivity index (χ0v) is 26.9. The van der Waals surface area contributed by atoms with Gasteiger partial charge in [-0.15, -0.1) is 10.2 Å². The minimum Gasteiger partial charge on any atom is -0.505 e. The standard InChI is InChI=1S/C34H33N5O4S2/c1-4-5-8-18-43-25-11-9-10-24(19-25)29-27(30(40)28-22(3)35-26-12-6-7-17-38(26)28)31(41)32(42)39(29)33-36-37-34(45-33)44-20-23-15-13-21(2)14-16-23/h6-7,9-17,19,29,40H,4-5,8,18,20H2,1-3H3. The number of thioether (sulfide) groups is 1. The zero-order chi connectivity index (χ0) is 31.5. The maximum absolute atomic E-state index is 13.8. The van der Waals surface area contributed by atoms with Gasteiger partial charge in [0.15, 0.2) is 10.1 Å². The van der Waals surface area contributed by atoms with Crippen molar-refractivity contribution in [2.45, 2.75) is 56.2 Å². The highest BCUT2D eigenvalue weighted by Crippen LogP contribution is 2.45. The molecule has 0 bridgehead atoms. The molecule has 9 nitrogen and oxygen atoms in total. The average molecular weight is 640 g/mol. The highest BCUT2D eigenvalue weighted by molar-refractivity contribution is 8.00. The predicted molar refractivity (Wildman–Crippen MR) is 177 cm³/mol. The van der Waals surface area contributed by atoms with Crippen LogP contribution in [0.25, 0.3) is 11.4 Å². The highest BCUT2D eigenvalue weighted by Gasteiger charge is 2.49. The molecular formula is C34H33N5O4S2. The molecule has 1 amide bonds. The third-order valence-corrected chi connectivity index (χ3v) is 9.78. The van der Waals surface area contributed by atoms with E-state index in [-0.39, 0.29) is 16.5 Å². The molecule has 0 saturated carbocycles. The number of nitrogens with zero attached hydrogens (tertiary/aromatic N) is 5. The van der Waals surface area contributed by atoms with E-state index in [4.69, 9.17) is 4.74 Å². The van der Waals surface area contributed by atoms with Crippen molar-refractivity contribution in [1.82, 2.24) is 19.6 Å². The summed E-state index contributed by atoms with van der Waals surface area (Å²) < 4.78 is 8.40. The molecule has 1 aliphatic rings. The number of ether oxygens (including phenoxy) is 1. The molecule has 5 aromatic rings. The normalized spacial score (nSPS) is 16.2. The number of aryl methyl sites for hydroxylation is 2. The van der Waals surface area contributed by atoms with Crippen molar-refractivity contribution in [3.05, 3.63) is 107 Å². The Kier molecular flexibility index (Phi) is 8.99. The van der Waals surface area contributed by atoms with Gasteiger partial charge in [-0.1, -0.05) is 90.9 Å². The van der Waals surface area contributed by atoms with Gasteiger partial charge in [-0.2, -0.15) is 0 Å². The number of rotatable bonds is 11. The summed E-state index contributed by atoms with van der Waals surface area (Å²) >= 11 is 2.75. The molecule has 1 atom stereocenters. The van der Waals surface area contributed by atoms with Gasteiger partial charge in [0.2, 0.25) is 5.13 Å². The molecule has 2 aromatic carbocycles. The summed E-state index contributed by atoms with van der Waals surface area (Å²) in [6.45, 7) is 6.50. The number of hydrogen-bond donors (Lipinski definition) is 1. The lowest BCUT2D eigenvalue weighted by Crippen LogP contribution is -2.29. The van der Waals surface area contributed by atoms with Crippen LogP contribution in [0.5, 0.6) is 5.75 Å². The summed E-state index contributed by atoms with van der Waals surface area (Å²) in [5.74, 6) is -0.589. The van der Waals surface area contributed by atoms with Crippen LogP contribution in [-0.4, -0.2) is 43.0 Å². The number of fused-ring (bicyclic) bond motifs is 1. The summed E-state index contributed by atoms with van der Waals surface area (Å²) in [7, 11) is 0. The Morgan fingerprint density at radius 1 is 1.02 bits per heavy atom. The number of aliphatic hydroxyl groups is 1. The molecule has 1 aliphatic heterocycles. The van der Waals surface area contributed by atoms with Crippen molar-refractivity contribution in [3.63, 3.8) is 0 Å². The summed E-state index contributed by atoms with van der Waals surface area (Å²) in [5.41, 5.74) is 4.40. The number of aromatic nitrogens is 4. The first-order chi connectivity index (χ1) is 21.9. The van der Waals surface area contributed by atoms with Crippen molar-refractivity contribution >= 4 is 51.3 Å². The Hall–Kier alpha value is -4.48. The lowest BCUT2D eigenvalue weighted by molar-refractivity contribution is -0.132. The van der Waals surface area contributed by atoms with E-state index in [0.29, 0.717) is 45.0 Å². The van der Waals surface area contributed by atoms with Crippen LogP contribution in [0.1, 0.15) is 60.3 Å². The number of carbonyl (C=O) groups is 2. The highest BCUT2D eigenvalue weighted by atomic mass is 32.2. The van der Waals surface area contributed by atoms with Crippen LogP contribution < -0.4 is 9.64 Å². The number of imidazole rings is 1. The van der Waals surface area contributed by atoms with Gasteiger partial charge >= 0.3 is 5.91 Å². The maximum Gasteiger partial charge on any atom is 0.301 e. The molecule has 0 spiro atoms. The lowest BCUT2D eigenvalue weighted by Gasteiger charge is -2.23. The van der Waals surface area contributed by atoms with E-state index in [0.717, 1.165) is 24.8 Å². The summed E-state index contributed by atoms with van der Waals surface area (Å²) in [6.07, 6.45) is 4.82. The van der Waals surface area contributed by atoms with Crippen LogP contribution >= 0.6 is 23.1 Å². The summed E-state index contributed by atoms with van der Waals surface area (Å²) in [6, 6.07) is 20.1. The van der Waals surface area contributed by atoms with Crippen LogP contribution in [0.3, 0.4) is 0 Å². The molecule has 11 heteroatoms. The first kappa shape index (κ1) is 30.5. The summed E-state index contributed by atoms with van der Waals surface area (Å²) in [5, 5.41) is 20.8. The van der Waals surface area contributed by atoms with Crippen molar-refractivity contribution in [2.24, 2.45) is 0 Å². The molecule has 1 N–H and O–H groups in total. The first-order valence-electron chi connectivity index (χ1n) is 14.9. The van der Waals surface area contributed by atoms with Gasteiger partial charge < -0.3 is 9.84 Å². The molecule has 1 saturated heterocycles. The Balaban J connectivity index is 1.41. The quantitative estimate of drug-likeness (QED) is 0.0401. The van der Waals surface area contributed by atoms with Gasteiger partial charge in [0.1, 0.15) is 17.1 Å². The van der Waals surface area contributed by atoms with E-state index >= 15 is 0 Å². The van der Waals surface area contributed by atoms with Crippen LogP contribution in [0, 0.1) is 13.8 Å². The van der Waals surface area contributed by atoms with Crippen molar-refractivity contribution < 1.29 is 19.4 Å². The number of carbonyl (C=O) groups excluding carboxylic acids is 2. The van der Waals surface area contributed by atoms with Gasteiger partial charge in [-0.25, -0.2) is 4.98 Å². The molecule has 1 unspecified atom stereocenters. The van der Waals surface area contributed by atoms with E-state index in [1.807, 2.05) is 49.4 Å². The maximum atomic E-state index is 13.8. The van der Waals surface area contributed by atoms with Gasteiger partial charge in [0.05, 0.1) is 23.9 Å². The molecule has 1 fully saturated rings. The predicted octanol–water partition coefficient (Wildman–Crippen LogP) is 7.29. The molecular weight excluding hydrogens is 607 g/mol. The molecule has 0 radical (unpaired) electrons. The zero-order valence-electron chi connectivity index (χ0n) is 25.3. The van der Waals surface area contributed by atoms with Gasteiger partial charge in [0, 0.05) is 11.9 Å². The van der Waals surface area contributed by atoms with Gasteiger partial charge in [-0.3, -0.25) is 18.9 Å². The number of hydrogen-bond acceptors (Lipinski definition) is 9. The third kappa shape index (κ3) is 6.23. The minimum absolute atomic E-state index is 0.0408. The number of ketones is 1. The number of Topliss-reactive ketones (excluding diaryl/α,β-unsaturated/α-hetero) is 1. The molecule has 6 rings (SSSR count). The number of benzene rings is 2. The number of amides is 1. The lowest BCUT2D eigenvalue weighted by atomic mass is 9.96. The molecule has 4 heterocycles. The van der Waals surface area contributed by atoms with Gasteiger partial charge in [0.25, 0.3) is 5.78 Å². The Morgan fingerprint density at radius 2 is 1.84 bits per heavy atom. The molecule has 45 heavy (non-hydrogen) atoms. The molecule has 3 aromatic heterocycles. The van der Waals surface area contributed by atoms with Crippen LogP contribution in [0.4, 0.5) is 5.13 Å².